The highest BCUT2D eigenvalue weighted by Crippen LogP contribution is 2.17. The number of hydrogen-bond donors (Lipinski definition) is 1. The van der Waals surface area contributed by atoms with Gasteiger partial charge < -0.3 is 4.57 Å². The summed E-state index contributed by atoms with van der Waals surface area (Å²) < 4.78 is 28.4. The van der Waals surface area contributed by atoms with Gasteiger partial charge in [0.05, 0.1) is 5.69 Å². The zero-order valence-electron chi connectivity index (χ0n) is 9.87. The van der Waals surface area contributed by atoms with Crippen LogP contribution in [-0.4, -0.2) is 18.0 Å². The van der Waals surface area contributed by atoms with Gasteiger partial charge in [0.1, 0.15) is 4.90 Å². The first-order valence-corrected chi connectivity index (χ1v) is 7.46. The molecule has 0 aliphatic carbocycles. The Balaban J connectivity index is 2.36. The van der Waals surface area contributed by atoms with E-state index in [1.54, 1.807) is 7.05 Å². The van der Waals surface area contributed by atoms with Gasteiger partial charge in [-0.2, -0.15) is 0 Å². The molecule has 0 saturated carbocycles. The van der Waals surface area contributed by atoms with E-state index in [1.165, 1.54) is 41.4 Å². The van der Waals surface area contributed by atoms with Crippen LogP contribution in [0.3, 0.4) is 0 Å². The Labute approximate surface area is 118 Å². The zero-order valence-corrected chi connectivity index (χ0v) is 12.3. The van der Waals surface area contributed by atoms with Gasteiger partial charge in [0.2, 0.25) is 5.56 Å². The van der Waals surface area contributed by atoms with Crippen molar-refractivity contribution in [2.24, 2.45) is 7.05 Å². The van der Waals surface area contributed by atoms with Crippen LogP contribution in [0, 0.1) is 0 Å². The normalized spacial score (nSPS) is 11.3. The Hall–Kier alpha value is -1.67. The lowest BCUT2D eigenvalue weighted by atomic mass is 10.4. The predicted molar refractivity (Wildman–Crippen MR) is 74.4 cm³/mol. The Morgan fingerprint density at radius 2 is 2.05 bits per heavy atom. The molecule has 0 saturated heterocycles. The summed E-state index contributed by atoms with van der Waals surface area (Å²) in [4.78, 5) is 15.1. The van der Waals surface area contributed by atoms with Gasteiger partial charge in [-0.05, 0) is 28.1 Å². The van der Waals surface area contributed by atoms with Gasteiger partial charge in [0, 0.05) is 36.2 Å². The molecule has 0 radical (unpaired) electrons. The van der Waals surface area contributed by atoms with Crippen molar-refractivity contribution in [2.75, 3.05) is 4.72 Å². The highest BCUT2D eigenvalue weighted by Gasteiger charge is 2.15. The summed E-state index contributed by atoms with van der Waals surface area (Å²) in [6.07, 6.45) is 4.14. The molecule has 0 fully saturated rings. The van der Waals surface area contributed by atoms with Crippen LogP contribution >= 0.6 is 15.9 Å². The summed E-state index contributed by atoms with van der Waals surface area (Å²) in [6, 6.07) is 4.14. The van der Waals surface area contributed by atoms with Gasteiger partial charge in [-0.1, -0.05) is 0 Å². The maximum Gasteiger partial charge on any atom is 0.263 e. The molecule has 0 aliphatic heterocycles. The van der Waals surface area contributed by atoms with Crippen LogP contribution in [0.25, 0.3) is 0 Å². The minimum absolute atomic E-state index is 0.0377. The number of nitrogens with zero attached hydrogens (tertiary/aromatic N) is 2. The number of anilines is 1. The molecule has 1 N–H and O–H groups in total. The van der Waals surface area contributed by atoms with E-state index in [9.17, 15) is 13.2 Å². The lowest BCUT2D eigenvalue weighted by Crippen LogP contribution is -2.18. The lowest BCUT2D eigenvalue weighted by molar-refractivity contribution is 0.600. The van der Waals surface area contributed by atoms with Crippen molar-refractivity contribution in [3.8, 4) is 0 Å². The van der Waals surface area contributed by atoms with Crippen LogP contribution in [-0.2, 0) is 17.1 Å². The smallest absolute Gasteiger partial charge is 0.263 e. The van der Waals surface area contributed by atoms with Gasteiger partial charge in [-0.15, -0.1) is 0 Å². The molecule has 2 aromatic heterocycles. The fourth-order valence-electron chi connectivity index (χ4n) is 1.41. The first kappa shape index (κ1) is 13.8. The van der Waals surface area contributed by atoms with Crippen LogP contribution < -0.4 is 10.3 Å². The van der Waals surface area contributed by atoms with E-state index >= 15 is 0 Å². The average molecular weight is 344 g/mol. The summed E-state index contributed by atoms with van der Waals surface area (Å²) in [6.45, 7) is 0. The molecule has 0 unspecified atom stereocenters. The highest BCUT2D eigenvalue weighted by atomic mass is 79.9. The molecule has 0 spiro atoms. The summed E-state index contributed by atoms with van der Waals surface area (Å²) in [5.41, 5.74) is 0.0918. The summed E-state index contributed by atoms with van der Waals surface area (Å²) in [5, 5.41) is 0. The van der Waals surface area contributed by atoms with Crippen LogP contribution in [0.15, 0.2) is 51.0 Å². The first-order chi connectivity index (χ1) is 8.88. The molecule has 0 aromatic carbocycles. The van der Waals surface area contributed by atoms with E-state index in [4.69, 9.17) is 0 Å². The maximum absolute atomic E-state index is 12.1. The van der Waals surface area contributed by atoms with Crippen LogP contribution in [0.5, 0.6) is 0 Å². The van der Waals surface area contributed by atoms with Crippen molar-refractivity contribution >= 4 is 31.6 Å². The van der Waals surface area contributed by atoms with Crippen molar-refractivity contribution in [1.82, 2.24) is 9.55 Å². The maximum atomic E-state index is 12.1. The standard InChI is InChI=1S/C11H10BrN3O3S/c1-15-7-9(2-3-11(15)16)14-19(17,18)10-4-8(12)5-13-6-10/h2-7,14H,1H3. The first-order valence-electron chi connectivity index (χ1n) is 5.18. The molecule has 6 nitrogen and oxygen atoms in total. The minimum Gasteiger partial charge on any atom is -0.316 e. The van der Waals surface area contributed by atoms with E-state index in [2.05, 4.69) is 25.6 Å². The minimum atomic E-state index is -3.72. The van der Waals surface area contributed by atoms with E-state index in [1.807, 2.05) is 0 Å². The molecule has 0 aliphatic rings. The van der Waals surface area contributed by atoms with Crippen LogP contribution in [0.2, 0.25) is 0 Å². The van der Waals surface area contributed by atoms with Gasteiger partial charge in [0.25, 0.3) is 10.0 Å². The average Bonchev–Trinajstić information content (AvgIpc) is 2.33. The number of pyridine rings is 2. The molecule has 2 heterocycles. The second-order valence-corrected chi connectivity index (χ2v) is 6.41. The van der Waals surface area contributed by atoms with Gasteiger partial charge >= 0.3 is 0 Å². The number of sulfonamides is 1. The number of halogens is 1. The third kappa shape index (κ3) is 3.21. The quantitative estimate of drug-likeness (QED) is 0.911. The Morgan fingerprint density at radius 1 is 1.32 bits per heavy atom. The molecular formula is C11H10BrN3O3S. The lowest BCUT2D eigenvalue weighted by Gasteiger charge is -2.08. The van der Waals surface area contributed by atoms with E-state index in [0.717, 1.165) is 0 Å². The van der Waals surface area contributed by atoms with Gasteiger partial charge in [-0.25, -0.2) is 8.42 Å². The third-order valence-corrected chi connectivity index (χ3v) is 4.11. The van der Waals surface area contributed by atoms with Crippen molar-refractivity contribution < 1.29 is 8.42 Å². The van der Waals surface area contributed by atoms with Gasteiger partial charge in [0.15, 0.2) is 0 Å². The number of rotatable bonds is 3. The molecule has 0 amide bonds. The van der Waals surface area contributed by atoms with E-state index < -0.39 is 10.0 Å². The van der Waals surface area contributed by atoms with E-state index in [0.29, 0.717) is 10.2 Å². The van der Waals surface area contributed by atoms with Gasteiger partial charge in [-0.3, -0.25) is 14.5 Å². The third-order valence-electron chi connectivity index (χ3n) is 2.33. The molecule has 8 heteroatoms. The zero-order chi connectivity index (χ0) is 14.0. The fraction of sp³-hybridized carbons (Fsp3) is 0.0909. The molecule has 2 aromatic rings. The molecule has 100 valence electrons. The summed E-state index contributed by atoms with van der Waals surface area (Å²) in [5.74, 6) is 0. The summed E-state index contributed by atoms with van der Waals surface area (Å²) in [7, 11) is -2.18. The number of hydrogen-bond acceptors (Lipinski definition) is 4. The van der Waals surface area contributed by atoms with Crippen molar-refractivity contribution in [1.29, 1.82) is 0 Å². The number of aryl methyl sites for hydroxylation is 1. The molecule has 19 heavy (non-hydrogen) atoms. The summed E-state index contributed by atoms with van der Waals surface area (Å²) >= 11 is 3.16. The molecule has 2 rings (SSSR count). The van der Waals surface area contributed by atoms with Crippen LogP contribution in [0.1, 0.15) is 0 Å². The van der Waals surface area contributed by atoms with Crippen molar-refractivity contribution in [3.05, 3.63) is 51.6 Å². The largest absolute Gasteiger partial charge is 0.316 e. The monoisotopic (exact) mass is 343 g/mol. The molecule has 0 atom stereocenters. The number of aromatic nitrogens is 2. The Kier molecular flexibility index (Phi) is 3.72. The van der Waals surface area contributed by atoms with Crippen molar-refractivity contribution in [2.45, 2.75) is 4.90 Å². The topological polar surface area (TPSA) is 81.1 Å². The highest BCUT2D eigenvalue weighted by molar-refractivity contribution is 9.10. The second-order valence-electron chi connectivity index (χ2n) is 3.81. The fourth-order valence-corrected chi connectivity index (χ4v) is 2.95. The molecular weight excluding hydrogens is 334 g/mol. The van der Waals surface area contributed by atoms with Crippen molar-refractivity contribution in [3.63, 3.8) is 0 Å². The Morgan fingerprint density at radius 3 is 2.68 bits per heavy atom. The number of nitrogens with one attached hydrogen (secondary N) is 1. The van der Waals surface area contributed by atoms with Crippen LogP contribution in [0.4, 0.5) is 5.69 Å². The SMILES string of the molecule is Cn1cc(NS(=O)(=O)c2cncc(Br)c2)ccc1=O. The predicted octanol–water partition coefficient (Wildman–Crippen LogP) is 1.34. The Bertz CT molecular complexity index is 771. The van der Waals surface area contributed by atoms with E-state index in [-0.39, 0.29) is 10.5 Å². The second kappa shape index (κ2) is 5.14. The molecule has 0 bridgehead atoms.